The van der Waals surface area contributed by atoms with Gasteiger partial charge in [0.25, 0.3) is 0 Å². The van der Waals surface area contributed by atoms with Gasteiger partial charge in [0.15, 0.2) is 0 Å². The molecule has 2 N–H and O–H groups in total. The van der Waals surface area contributed by atoms with E-state index in [0.29, 0.717) is 18.6 Å². The van der Waals surface area contributed by atoms with Gasteiger partial charge >= 0.3 is 5.97 Å². The molecule has 0 fully saturated rings. The Hall–Kier alpha value is -1.58. The quantitative estimate of drug-likeness (QED) is 0.429. The molecule has 7 nitrogen and oxygen atoms in total. The van der Waals surface area contributed by atoms with Gasteiger partial charge in [-0.25, -0.2) is 8.42 Å². The molecule has 146 valence electrons. The van der Waals surface area contributed by atoms with Crippen molar-refractivity contribution in [1.29, 1.82) is 0 Å². The van der Waals surface area contributed by atoms with Crippen molar-refractivity contribution < 1.29 is 22.7 Å². The number of methoxy groups -OCH3 is 1. The van der Waals surface area contributed by atoms with Crippen molar-refractivity contribution in [3.63, 3.8) is 0 Å². The molecule has 1 rings (SSSR count). The van der Waals surface area contributed by atoms with Crippen LogP contribution in [-0.4, -0.2) is 52.0 Å². The maximum Gasteiger partial charge on any atom is 0.305 e. The molecule has 0 saturated heterocycles. The number of ether oxygens (including phenoxy) is 1. The number of esters is 1. The van der Waals surface area contributed by atoms with Crippen LogP contribution in [0, 0.1) is 6.92 Å². The van der Waals surface area contributed by atoms with Crippen LogP contribution in [0.25, 0.3) is 0 Å². The first-order valence-electron chi connectivity index (χ1n) is 8.22. The molecule has 0 radical (unpaired) electrons. The third kappa shape index (κ3) is 7.76. The zero-order valence-corrected chi connectivity index (χ0v) is 16.9. The highest BCUT2D eigenvalue weighted by atomic mass is 32.2. The van der Waals surface area contributed by atoms with Crippen molar-refractivity contribution in [2.45, 2.75) is 37.1 Å². The first-order chi connectivity index (χ1) is 12.3. The van der Waals surface area contributed by atoms with Gasteiger partial charge in [-0.3, -0.25) is 9.59 Å². The maximum absolute atomic E-state index is 12.5. The summed E-state index contributed by atoms with van der Waals surface area (Å²) in [6.07, 6.45) is 2.88. The summed E-state index contributed by atoms with van der Waals surface area (Å²) in [5.74, 6) is -0.116. The fraction of sp³-hybridized carbons (Fsp3) is 0.529. The predicted molar refractivity (Wildman–Crippen MR) is 103 cm³/mol. The second kappa shape index (κ2) is 11.2. The topological polar surface area (TPSA) is 102 Å². The molecule has 0 heterocycles. The van der Waals surface area contributed by atoms with E-state index in [1.165, 1.54) is 31.0 Å². The molecule has 9 heteroatoms. The Kier molecular flexibility index (Phi) is 9.68. The highest BCUT2D eigenvalue weighted by Gasteiger charge is 2.25. The fourth-order valence-electron chi connectivity index (χ4n) is 2.12. The average molecular weight is 403 g/mol. The zero-order chi connectivity index (χ0) is 19.6. The number of thioether (sulfide) groups is 1. The Morgan fingerprint density at radius 2 is 1.88 bits per heavy atom. The van der Waals surface area contributed by atoms with Crippen LogP contribution in [0.15, 0.2) is 29.2 Å². The lowest BCUT2D eigenvalue weighted by atomic mass is 10.2. The van der Waals surface area contributed by atoms with Crippen LogP contribution < -0.4 is 10.0 Å². The van der Waals surface area contributed by atoms with Crippen molar-refractivity contribution in [2.24, 2.45) is 0 Å². The van der Waals surface area contributed by atoms with Gasteiger partial charge in [0.2, 0.25) is 15.9 Å². The second-order valence-corrected chi connectivity index (χ2v) is 8.44. The molecular formula is C17H26N2O5S2. The summed E-state index contributed by atoms with van der Waals surface area (Å²) >= 11 is 1.53. The lowest BCUT2D eigenvalue weighted by Gasteiger charge is -2.18. The van der Waals surface area contributed by atoms with Gasteiger partial charge in [-0.15, -0.1) is 0 Å². The molecule has 0 aliphatic carbocycles. The zero-order valence-electron chi connectivity index (χ0n) is 15.3. The minimum atomic E-state index is -3.79. The van der Waals surface area contributed by atoms with E-state index >= 15 is 0 Å². The molecule has 0 bridgehead atoms. The second-order valence-electron chi connectivity index (χ2n) is 5.74. The molecule has 1 amide bonds. The van der Waals surface area contributed by atoms with Crippen LogP contribution in [0.1, 0.15) is 24.8 Å². The number of hydrogen-bond acceptors (Lipinski definition) is 6. The van der Waals surface area contributed by atoms with E-state index in [-0.39, 0.29) is 23.8 Å². The number of rotatable bonds is 11. The summed E-state index contributed by atoms with van der Waals surface area (Å²) in [6.45, 7) is 2.14. The molecule has 0 spiro atoms. The normalized spacial score (nSPS) is 12.4. The number of nitrogens with one attached hydrogen (secondary N) is 2. The molecule has 1 unspecified atom stereocenters. The average Bonchev–Trinajstić information content (AvgIpc) is 2.62. The molecule has 0 aromatic heterocycles. The Bertz CT molecular complexity index is 690. The summed E-state index contributed by atoms with van der Waals surface area (Å²) in [6, 6.07) is 5.57. The summed E-state index contributed by atoms with van der Waals surface area (Å²) in [7, 11) is -2.49. The van der Waals surface area contributed by atoms with E-state index in [2.05, 4.69) is 14.8 Å². The highest BCUT2D eigenvalue weighted by Crippen LogP contribution is 2.12. The van der Waals surface area contributed by atoms with Gasteiger partial charge in [0.1, 0.15) is 6.04 Å². The molecule has 1 aromatic rings. The van der Waals surface area contributed by atoms with Crippen LogP contribution in [0.2, 0.25) is 0 Å². The fourth-order valence-corrected chi connectivity index (χ4v) is 3.82. The molecule has 26 heavy (non-hydrogen) atoms. The summed E-state index contributed by atoms with van der Waals surface area (Å²) in [5, 5.41) is 2.67. The van der Waals surface area contributed by atoms with Crippen LogP contribution in [-0.2, 0) is 24.3 Å². The lowest BCUT2D eigenvalue weighted by Crippen LogP contribution is -2.47. The number of aryl methyl sites for hydroxylation is 1. The van der Waals surface area contributed by atoms with Crippen LogP contribution in [0.5, 0.6) is 0 Å². The van der Waals surface area contributed by atoms with Gasteiger partial charge in [-0.2, -0.15) is 16.5 Å². The molecule has 0 saturated carbocycles. The van der Waals surface area contributed by atoms with Crippen molar-refractivity contribution >= 4 is 33.7 Å². The number of sulfonamides is 1. The number of benzene rings is 1. The van der Waals surface area contributed by atoms with Gasteiger partial charge in [0.05, 0.1) is 12.0 Å². The van der Waals surface area contributed by atoms with Crippen LogP contribution >= 0.6 is 11.8 Å². The third-order valence-electron chi connectivity index (χ3n) is 3.64. The van der Waals surface area contributed by atoms with Gasteiger partial charge in [-0.1, -0.05) is 17.7 Å². The van der Waals surface area contributed by atoms with Gasteiger partial charge < -0.3 is 10.1 Å². The summed E-state index contributed by atoms with van der Waals surface area (Å²) in [4.78, 5) is 23.6. The van der Waals surface area contributed by atoms with Crippen molar-refractivity contribution in [1.82, 2.24) is 10.0 Å². The van der Waals surface area contributed by atoms with E-state index < -0.39 is 22.0 Å². The molecular weight excluding hydrogens is 376 g/mol. The number of amides is 1. The van der Waals surface area contributed by atoms with Crippen molar-refractivity contribution in [3.8, 4) is 0 Å². The minimum absolute atomic E-state index is 0.121. The maximum atomic E-state index is 12.5. The lowest BCUT2D eigenvalue weighted by molar-refractivity contribution is -0.140. The Morgan fingerprint density at radius 1 is 1.23 bits per heavy atom. The minimum Gasteiger partial charge on any atom is -0.469 e. The summed E-state index contributed by atoms with van der Waals surface area (Å²) < 4.78 is 32.1. The van der Waals surface area contributed by atoms with E-state index in [1.54, 1.807) is 12.1 Å². The number of carbonyl (C=O) groups is 2. The van der Waals surface area contributed by atoms with Crippen molar-refractivity contribution in [3.05, 3.63) is 29.8 Å². The van der Waals surface area contributed by atoms with E-state index in [4.69, 9.17) is 0 Å². The smallest absolute Gasteiger partial charge is 0.305 e. The molecule has 1 aromatic carbocycles. The highest BCUT2D eigenvalue weighted by molar-refractivity contribution is 7.98. The predicted octanol–water partition coefficient (Wildman–Crippen LogP) is 1.46. The molecule has 0 aliphatic heterocycles. The first kappa shape index (κ1) is 22.5. The Balaban J connectivity index is 2.71. The van der Waals surface area contributed by atoms with Crippen LogP contribution in [0.3, 0.4) is 0 Å². The van der Waals surface area contributed by atoms with Gasteiger partial charge in [-0.05, 0) is 43.9 Å². The monoisotopic (exact) mass is 402 g/mol. The van der Waals surface area contributed by atoms with E-state index in [0.717, 1.165) is 5.56 Å². The van der Waals surface area contributed by atoms with Crippen molar-refractivity contribution in [2.75, 3.05) is 25.7 Å². The number of carbonyl (C=O) groups excluding carboxylic acids is 2. The number of hydrogen-bond donors (Lipinski definition) is 2. The molecule has 0 aliphatic rings. The molecule has 1 atom stereocenters. The Labute approximate surface area is 159 Å². The van der Waals surface area contributed by atoms with E-state index in [1.807, 2.05) is 13.2 Å². The van der Waals surface area contributed by atoms with Crippen LogP contribution in [0.4, 0.5) is 0 Å². The SMILES string of the molecule is COC(=O)CCCNC(=O)C(CCSC)NS(=O)(=O)c1ccc(C)cc1. The summed E-state index contributed by atoms with van der Waals surface area (Å²) in [5.41, 5.74) is 0.950. The van der Waals surface area contributed by atoms with Gasteiger partial charge in [0, 0.05) is 13.0 Å². The Morgan fingerprint density at radius 3 is 2.46 bits per heavy atom. The third-order valence-corrected chi connectivity index (χ3v) is 5.77. The standard InChI is InChI=1S/C17H26N2O5S2/c1-13-6-8-14(9-7-13)26(22,23)19-15(10-12-25-3)17(21)18-11-4-5-16(20)24-2/h6-9,15,19H,4-5,10-12H2,1-3H3,(H,18,21). The van der Waals surface area contributed by atoms with E-state index in [9.17, 15) is 18.0 Å². The first-order valence-corrected chi connectivity index (χ1v) is 11.1. The largest absolute Gasteiger partial charge is 0.469 e.